The van der Waals surface area contributed by atoms with Crippen LogP contribution < -0.4 is 9.47 Å². The maximum absolute atomic E-state index is 11.6. The largest absolute Gasteiger partial charge is 0.481 e. The number of rotatable bonds is 7. The highest BCUT2D eigenvalue weighted by molar-refractivity contribution is 5.94. The normalized spacial score (nSPS) is 13.4. The lowest BCUT2D eigenvalue weighted by molar-refractivity contribution is -0.385. The van der Waals surface area contributed by atoms with Gasteiger partial charge in [-0.05, 0) is 24.1 Å². The van der Waals surface area contributed by atoms with Gasteiger partial charge in [-0.1, -0.05) is 24.3 Å². The molecular formula is C18H15NO8. The zero-order valence-corrected chi connectivity index (χ0v) is 13.9. The van der Waals surface area contributed by atoms with E-state index in [0.29, 0.717) is 17.1 Å². The van der Waals surface area contributed by atoms with Gasteiger partial charge >= 0.3 is 11.9 Å². The molecule has 0 amide bonds. The number of hydrogen-bond donors (Lipinski definition) is 2. The Morgan fingerprint density at radius 3 is 2.41 bits per heavy atom. The Morgan fingerprint density at radius 1 is 1.07 bits per heavy atom. The molecule has 0 saturated carbocycles. The van der Waals surface area contributed by atoms with Gasteiger partial charge in [-0.2, -0.15) is 0 Å². The van der Waals surface area contributed by atoms with Crippen molar-refractivity contribution < 1.29 is 34.2 Å². The molecule has 3 rings (SSSR count). The number of benzene rings is 2. The van der Waals surface area contributed by atoms with Crippen LogP contribution in [0.4, 0.5) is 5.69 Å². The number of aliphatic carboxylic acids is 2. The van der Waals surface area contributed by atoms with Crippen LogP contribution in [0.1, 0.15) is 17.0 Å². The third-order valence-electron chi connectivity index (χ3n) is 4.39. The minimum absolute atomic E-state index is 0.00883. The summed E-state index contributed by atoms with van der Waals surface area (Å²) in [4.78, 5) is 33.9. The van der Waals surface area contributed by atoms with E-state index in [2.05, 4.69) is 0 Å². The highest BCUT2D eigenvalue weighted by Crippen LogP contribution is 2.39. The average Bonchev–Trinajstić information content (AvgIpc) is 3.08. The number of nitro benzene ring substituents is 1. The molecule has 0 aliphatic carbocycles. The fourth-order valence-electron chi connectivity index (χ4n) is 3.12. The monoisotopic (exact) mass is 373 g/mol. The van der Waals surface area contributed by atoms with Gasteiger partial charge in [0, 0.05) is 17.5 Å². The summed E-state index contributed by atoms with van der Waals surface area (Å²) in [5, 5.41) is 30.2. The molecule has 0 saturated heterocycles. The molecule has 0 radical (unpaired) electrons. The molecule has 2 aromatic carbocycles. The van der Waals surface area contributed by atoms with Gasteiger partial charge in [-0.15, -0.1) is 0 Å². The van der Waals surface area contributed by atoms with Gasteiger partial charge in [-0.3, -0.25) is 19.7 Å². The molecule has 1 aliphatic rings. The summed E-state index contributed by atoms with van der Waals surface area (Å²) < 4.78 is 10.5. The molecule has 0 bridgehead atoms. The Hall–Kier alpha value is -3.62. The van der Waals surface area contributed by atoms with E-state index in [1.165, 1.54) is 24.3 Å². The Balaban J connectivity index is 2.07. The summed E-state index contributed by atoms with van der Waals surface area (Å²) in [6, 6.07) is 10.5. The quantitative estimate of drug-likeness (QED) is 0.429. The topological polar surface area (TPSA) is 136 Å². The summed E-state index contributed by atoms with van der Waals surface area (Å²) in [5.41, 5.74) is 0.433. The van der Waals surface area contributed by atoms with E-state index in [1.807, 2.05) is 0 Å². The summed E-state index contributed by atoms with van der Waals surface area (Å²) in [5.74, 6) is -5.05. The van der Waals surface area contributed by atoms with Crippen LogP contribution in [0, 0.1) is 16.0 Å². The van der Waals surface area contributed by atoms with Gasteiger partial charge in [-0.25, -0.2) is 0 Å². The Kier molecular flexibility index (Phi) is 4.93. The molecule has 2 aromatic rings. The van der Waals surface area contributed by atoms with Crippen LogP contribution in [0.15, 0.2) is 42.5 Å². The Labute approximate surface area is 152 Å². The number of fused-ring (bicyclic) bond motifs is 1. The molecule has 1 aliphatic heterocycles. The third-order valence-corrected chi connectivity index (χ3v) is 4.39. The molecule has 0 aromatic heterocycles. The van der Waals surface area contributed by atoms with Gasteiger partial charge in [0.05, 0.1) is 4.92 Å². The van der Waals surface area contributed by atoms with Crippen molar-refractivity contribution in [2.24, 2.45) is 5.92 Å². The van der Waals surface area contributed by atoms with Crippen LogP contribution in [-0.2, 0) is 16.0 Å². The highest BCUT2D eigenvalue weighted by Gasteiger charge is 2.37. The molecule has 9 nitrogen and oxygen atoms in total. The standard InChI is InChI=1S/C18H15NO8/c20-17(21)16(18(22)23)12(7-11-3-1-2-4-13(11)19(24)25)10-5-6-14-15(8-10)27-9-26-14/h1-6,8,12,16H,7,9H2,(H,20,21)(H,22,23). The van der Waals surface area contributed by atoms with E-state index < -0.39 is 28.7 Å². The van der Waals surface area contributed by atoms with Crippen molar-refractivity contribution in [1.82, 2.24) is 0 Å². The molecule has 1 heterocycles. The summed E-state index contributed by atoms with van der Waals surface area (Å²) >= 11 is 0. The number of carbonyl (C=O) groups is 2. The number of ether oxygens (including phenoxy) is 2. The minimum Gasteiger partial charge on any atom is -0.481 e. The molecule has 2 N–H and O–H groups in total. The van der Waals surface area contributed by atoms with Crippen molar-refractivity contribution in [2.45, 2.75) is 12.3 Å². The first-order chi connectivity index (χ1) is 12.9. The van der Waals surface area contributed by atoms with E-state index in [-0.39, 0.29) is 24.5 Å². The maximum Gasteiger partial charge on any atom is 0.318 e. The maximum atomic E-state index is 11.6. The van der Waals surface area contributed by atoms with Crippen LogP contribution in [-0.4, -0.2) is 33.9 Å². The van der Waals surface area contributed by atoms with Crippen molar-refractivity contribution in [2.75, 3.05) is 6.79 Å². The lowest BCUT2D eigenvalue weighted by Gasteiger charge is -2.22. The van der Waals surface area contributed by atoms with E-state index in [4.69, 9.17) is 9.47 Å². The lowest BCUT2D eigenvalue weighted by Crippen LogP contribution is -2.31. The lowest BCUT2D eigenvalue weighted by atomic mass is 9.81. The third kappa shape index (κ3) is 3.66. The van der Waals surface area contributed by atoms with Crippen LogP contribution in [0.3, 0.4) is 0 Å². The van der Waals surface area contributed by atoms with Crippen molar-refractivity contribution in [1.29, 1.82) is 0 Å². The minimum atomic E-state index is -1.79. The number of nitrogens with zero attached hydrogens (tertiary/aromatic N) is 1. The molecular weight excluding hydrogens is 358 g/mol. The number of carboxylic acids is 2. The number of para-hydroxylation sites is 1. The van der Waals surface area contributed by atoms with E-state index >= 15 is 0 Å². The van der Waals surface area contributed by atoms with Crippen molar-refractivity contribution >= 4 is 17.6 Å². The fourth-order valence-corrected chi connectivity index (χ4v) is 3.12. The number of carboxylic acid groups (broad SMARTS) is 2. The number of nitro groups is 1. The van der Waals surface area contributed by atoms with E-state index in [9.17, 15) is 29.9 Å². The van der Waals surface area contributed by atoms with Crippen LogP contribution in [0.5, 0.6) is 11.5 Å². The highest BCUT2D eigenvalue weighted by atomic mass is 16.7. The number of hydrogen-bond acceptors (Lipinski definition) is 6. The zero-order chi connectivity index (χ0) is 19.6. The average molecular weight is 373 g/mol. The first-order valence-corrected chi connectivity index (χ1v) is 7.96. The summed E-state index contributed by atoms with van der Waals surface area (Å²) in [6.45, 7) is 0.00883. The molecule has 140 valence electrons. The van der Waals surface area contributed by atoms with Crippen LogP contribution in [0.2, 0.25) is 0 Å². The molecule has 9 heteroatoms. The zero-order valence-electron chi connectivity index (χ0n) is 13.9. The Bertz CT molecular complexity index is 896. The predicted octanol–water partition coefficient (Wildman–Crippen LogP) is 2.44. The van der Waals surface area contributed by atoms with Crippen LogP contribution in [0.25, 0.3) is 0 Å². The first-order valence-electron chi connectivity index (χ1n) is 7.96. The summed E-state index contributed by atoms with van der Waals surface area (Å²) in [7, 11) is 0. The van der Waals surface area contributed by atoms with Gasteiger partial charge in [0.2, 0.25) is 6.79 Å². The van der Waals surface area contributed by atoms with Crippen molar-refractivity contribution in [3.05, 3.63) is 63.7 Å². The Morgan fingerprint density at radius 2 is 1.74 bits per heavy atom. The van der Waals surface area contributed by atoms with Crippen LogP contribution >= 0.6 is 0 Å². The molecule has 0 fully saturated rings. The molecule has 27 heavy (non-hydrogen) atoms. The van der Waals surface area contributed by atoms with Gasteiger partial charge in [0.1, 0.15) is 0 Å². The van der Waals surface area contributed by atoms with Gasteiger partial charge in [0.25, 0.3) is 5.69 Å². The second kappa shape index (κ2) is 7.32. The molecule has 1 unspecified atom stereocenters. The second-order valence-corrected chi connectivity index (χ2v) is 5.96. The molecule has 0 spiro atoms. The van der Waals surface area contributed by atoms with E-state index in [0.717, 1.165) is 0 Å². The fraction of sp³-hybridized carbons (Fsp3) is 0.222. The SMILES string of the molecule is O=C(O)C(C(=O)O)C(Cc1ccccc1[N+](=O)[O-])c1ccc2c(c1)OCO2. The second-order valence-electron chi connectivity index (χ2n) is 5.96. The van der Waals surface area contributed by atoms with Gasteiger partial charge in [0.15, 0.2) is 17.4 Å². The van der Waals surface area contributed by atoms with Crippen molar-refractivity contribution in [3.63, 3.8) is 0 Å². The predicted molar refractivity (Wildman–Crippen MR) is 90.9 cm³/mol. The first kappa shape index (κ1) is 18.2. The van der Waals surface area contributed by atoms with Gasteiger partial charge < -0.3 is 19.7 Å². The van der Waals surface area contributed by atoms with Crippen molar-refractivity contribution in [3.8, 4) is 11.5 Å². The molecule has 1 atom stereocenters. The summed E-state index contributed by atoms with van der Waals surface area (Å²) in [6.07, 6.45) is -0.139. The van der Waals surface area contributed by atoms with E-state index in [1.54, 1.807) is 18.2 Å². The smallest absolute Gasteiger partial charge is 0.318 e.